The van der Waals surface area contributed by atoms with Crippen molar-refractivity contribution in [1.82, 2.24) is 9.78 Å². The first kappa shape index (κ1) is 20.0. The standard InChI is InChI=1S/C17H28F4N2/c1-4-6-8-9-10-12-16(3,11-7-5-2)23-15(18)14(13-22-23)17(19,20)21/h13H,4-12H2,1-3H3. The van der Waals surface area contributed by atoms with Crippen LogP contribution in [0.4, 0.5) is 17.6 Å². The average Bonchev–Trinajstić information content (AvgIpc) is 2.87. The monoisotopic (exact) mass is 336 g/mol. The molecule has 0 aromatic carbocycles. The van der Waals surface area contributed by atoms with Gasteiger partial charge in [-0.25, -0.2) is 4.68 Å². The van der Waals surface area contributed by atoms with Crippen LogP contribution in [0.15, 0.2) is 6.20 Å². The second-order valence-corrected chi connectivity index (χ2v) is 6.52. The van der Waals surface area contributed by atoms with Crippen LogP contribution in [-0.4, -0.2) is 9.78 Å². The minimum Gasteiger partial charge on any atom is -0.233 e. The van der Waals surface area contributed by atoms with Gasteiger partial charge in [0.05, 0.1) is 11.7 Å². The Balaban J connectivity index is 2.90. The fourth-order valence-electron chi connectivity index (χ4n) is 2.90. The number of alkyl halides is 3. The van der Waals surface area contributed by atoms with Gasteiger partial charge in [0, 0.05) is 0 Å². The summed E-state index contributed by atoms with van der Waals surface area (Å²) in [6.07, 6.45) is 4.23. The number of nitrogens with zero attached hydrogens (tertiary/aromatic N) is 2. The van der Waals surface area contributed by atoms with Gasteiger partial charge in [-0.3, -0.25) is 0 Å². The van der Waals surface area contributed by atoms with E-state index < -0.39 is 23.2 Å². The Bertz CT molecular complexity index is 468. The summed E-state index contributed by atoms with van der Waals surface area (Å²) in [4.78, 5) is 0. The molecule has 1 rings (SSSR count). The summed E-state index contributed by atoms with van der Waals surface area (Å²) in [5, 5.41) is 3.74. The fourth-order valence-corrected chi connectivity index (χ4v) is 2.90. The second-order valence-electron chi connectivity index (χ2n) is 6.52. The van der Waals surface area contributed by atoms with E-state index in [-0.39, 0.29) is 0 Å². The Morgan fingerprint density at radius 1 is 0.957 bits per heavy atom. The Morgan fingerprint density at radius 3 is 2.04 bits per heavy atom. The highest BCUT2D eigenvalue weighted by Crippen LogP contribution is 2.36. The van der Waals surface area contributed by atoms with Crippen molar-refractivity contribution in [3.05, 3.63) is 17.7 Å². The summed E-state index contributed by atoms with van der Waals surface area (Å²) >= 11 is 0. The highest BCUT2D eigenvalue weighted by molar-refractivity contribution is 5.12. The minimum absolute atomic E-state index is 0.608. The van der Waals surface area contributed by atoms with Gasteiger partial charge in [0.15, 0.2) is 0 Å². The predicted octanol–water partition coefficient (Wildman–Crippen LogP) is 6.31. The van der Waals surface area contributed by atoms with Crippen LogP contribution in [-0.2, 0) is 11.7 Å². The van der Waals surface area contributed by atoms with Gasteiger partial charge in [-0.2, -0.15) is 22.7 Å². The van der Waals surface area contributed by atoms with E-state index in [1.54, 1.807) is 0 Å². The van der Waals surface area contributed by atoms with E-state index in [1.807, 2.05) is 13.8 Å². The first-order valence-electron chi connectivity index (χ1n) is 8.57. The molecule has 0 N–H and O–H groups in total. The Hall–Kier alpha value is -1.07. The average molecular weight is 336 g/mol. The Kier molecular flexibility index (Phi) is 7.55. The summed E-state index contributed by atoms with van der Waals surface area (Å²) in [6.45, 7) is 5.96. The molecule has 1 atom stereocenters. The Morgan fingerprint density at radius 2 is 1.52 bits per heavy atom. The number of rotatable bonds is 10. The highest BCUT2D eigenvalue weighted by Gasteiger charge is 2.40. The van der Waals surface area contributed by atoms with E-state index in [9.17, 15) is 17.6 Å². The number of aromatic nitrogens is 2. The van der Waals surface area contributed by atoms with Crippen molar-refractivity contribution >= 4 is 0 Å². The van der Waals surface area contributed by atoms with Crippen molar-refractivity contribution in [2.75, 3.05) is 0 Å². The molecule has 0 aliphatic rings. The third-order valence-electron chi connectivity index (χ3n) is 4.42. The molecule has 1 unspecified atom stereocenters. The molecule has 0 amide bonds. The maximum absolute atomic E-state index is 14.3. The lowest BCUT2D eigenvalue weighted by Crippen LogP contribution is -2.33. The quantitative estimate of drug-likeness (QED) is 0.362. The summed E-state index contributed by atoms with van der Waals surface area (Å²) in [6, 6.07) is 0. The lowest BCUT2D eigenvalue weighted by molar-refractivity contribution is -0.140. The van der Waals surface area contributed by atoms with Gasteiger partial charge in [-0.15, -0.1) is 0 Å². The molecule has 0 bridgehead atoms. The first-order chi connectivity index (χ1) is 10.8. The highest BCUT2D eigenvalue weighted by atomic mass is 19.4. The van der Waals surface area contributed by atoms with Crippen LogP contribution < -0.4 is 0 Å². The smallest absolute Gasteiger partial charge is 0.233 e. The Labute approximate surface area is 136 Å². The van der Waals surface area contributed by atoms with E-state index in [2.05, 4.69) is 12.0 Å². The molecule has 0 aliphatic carbocycles. The van der Waals surface area contributed by atoms with Crippen LogP contribution in [0.2, 0.25) is 0 Å². The minimum atomic E-state index is -4.70. The molecule has 1 aromatic rings. The van der Waals surface area contributed by atoms with Gasteiger partial charge in [0.25, 0.3) is 0 Å². The summed E-state index contributed by atoms with van der Waals surface area (Å²) in [5.74, 6) is -1.26. The van der Waals surface area contributed by atoms with Gasteiger partial charge in [-0.1, -0.05) is 58.8 Å². The molecule has 0 spiro atoms. The van der Waals surface area contributed by atoms with Gasteiger partial charge in [0.2, 0.25) is 5.95 Å². The van der Waals surface area contributed by atoms with Crippen molar-refractivity contribution < 1.29 is 17.6 Å². The maximum Gasteiger partial charge on any atom is 0.422 e. The van der Waals surface area contributed by atoms with Crippen LogP contribution in [0.1, 0.15) is 84.1 Å². The van der Waals surface area contributed by atoms with Gasteiger partial charge >= 0.3 is 6.18 Å². The lowest BCUT2D eigenvalue weighted by atomic mass is 9.88. The second kappa shape index (κ2) is 8.69. The molecule has 0 aliphatic heterocycles. The van der Waals surface area contributed by atoms with Crippen molar-refractivity contribution in [2.45, 2.75) is 90.3 Å². The largest absolute Gasteiger partial charge is 0.422 e. The van der Waals surface area contributed by atoms with Crippen molar-refractivity contribution in [3.63, 3.8) is 0 Å². The third kappa shape index (κ3) is 5.50. The lowest BCUT2D eigenvalue weighted by Gasteiger charge is -2.31. The molecule has 0 saturated carbocycles. The molecular weight excluding hydrogens is 308 g/mol. The zero-order valence-electron chi connectivity index (χ0n) is 14.3. The zero-order chi connectivity index (χ0) is 17.5. The van der Waals surface area contributed by atoms with E-state index in [0.29, 0.717) is 19.0 Å². The topological polar surface area (TPSA) is 17.8 Å². The molecule has 2 nitrogen and oxygen atoms in total. The zero-order valence-corrected chi connectivity index (χ0v) is 14.3. The first-order valence-corrected chi connectivity index (χ1v) is 8.57. The normalized spacial score (nSPS) is 14.9. The van der Waals surface area contributed by atoms with Crippen LogP contribution in [0.3, 0.4) is 0 Å². The summed E-state index contributed by atoms with van der Waals surface area (Å²) in [5.41, 5.74) is -1.97. The third-order valence-corrected chi connectivity index (χ3v) is 4.42. The van der Waals surface area contributed by atoms with Crippen molar-refractivity contribution in [2.24, 2.45) is 0 Å². The molecule has 23 heavy (non-hydrogen) atoms. The SMILES string of the molecule is CCCCCCCC(C)(CCCC)n1ncc(C(F)(F)F)c1F. The predicted molar refractivity (Wildman–Crippen MR) is 83.7 cm³/mol. The number of hydrogen-bond acceptors (Lipinski definition) is 1. The fraction of sp³-hybridized carbons (Fsp3) is 0.824. The molecular formula is C17H28F4N2. The van der Waals surface area contributed by atoms with Crippen molar-refractivity contribution in [1.29, 1.82) is 0 Å². The van der Waals surface area contributed by atoms with E-state index in [4.69, 9.17) is 0 Å². The van der Waals surface area contributed by atoms with Crippen molar-refractivity contribution in [3.8, 4) is 0 Å². The molecule has 0 fully saturated rings. The van der Waals surface area contributed by atoms with E-state index >= 15 is 0 Å². The van der Waals surface area contributed by atoms with E-state index in [1.165, 1.54) is 0 Å². The van der Waals surface area contributed by atoms with Crippen LogP contribution in [0.5, 0.6) is 0 Å². The molecule has 6 heteroatoms. The summed E-state index contributed by atoms with van der Waals surface area (Å²) in [7, 11) is 0. The van der Waals surface area contributed by atoms with Crippen LogP contribution in [0.25, 0.3) is 0 Å². The summed E-state index contributed by atoms with van der Waals surface area (Å²) < 4.78 is 53.6. The number of hydrogen-bond donors (Lipinski definition) is 0. The van der Waals surface area contributed by atoms with Gasteiger partial charge in [0.1, 0.15) is 5.56 Å². The molecule has 1 aromatic heterocycles. The molecule has 134 valence electrons. The molecule has 1 heterocycles. The molecule has 0 saturated heterocycles. The molecule has 0 radical (unpaired) electrons. The number of unbranched alkanes of at least 4 members (excludes halogenated alkanes) is 5. The van der Waals surface area contributed by atoms with Gasteiger partial charge in [-0.05, 0) is 19.8 Å². The van der Waals surface area contributed by atoms with E-state index in [0.717, 1.165) is 49.6 Å². The number of halogens is 4. The van der Waals surface area contributed by atoms with Crippen LogP contribution >= 0.6 is 0 Å². The van der Waals surface area contributed by atoms with Gasteiger partial charge < -0.3 is 0 Å². The maximum atomic E-state index is 14.3. The van der Waals surface area contributed by atoms with Crippen LogP contribution in [0, 0.1) is 5.95 Å².